The molecule has 1 aliphatic heterocycles. The molecule has 6 nitrogen and oxygen atoms in total. The third-order valence-electron chi connectivity index (χ3n) is 4.17. The number of amides is 1. The minimum absolute atomic E-state index is 0.234. The molecule has 0 radical (unpaired) electrons. The molecule has 114 valence electrons. The number of hydrogen-bond acceptors (Lipinski definition) is 4. The van der Waals surface area contributed by atoms with Crippen molar-refractivity contribution >= 4 is 17.7 Å². The zero-order valence-electron chi connectivity index (χ0n) is 12.7. The van der Waals surface area contributed by atoms with E-state index in [4.69, 9.17) is 0 Å². The molecular formula is C15H21N3O3. The summed E-state index contributed by atoms with van der Waals surface area (Å²) in [5.41, 5.74) is -0.590. The Kier molecular flexibility index (Phi) is 4.16. The molecule has 1 amide bonds. The summed E-state index contributed by atoms with van der Waals surface area (Å²) >= 11 is 0. The molecule has 1 unspecified atom stereocenters. The first-order valence-electron chi connectivity index (χ1n) is 7.11. The highest BCUT2D eigenvalue weighted by Gasteiger charge is 2.48. The zero-order valence-corrected chi connectivity index (χ0v) is 12.7. The predicted octanol–water partition coefficient (Wildman–Crippen LogP) is 1.62. The van der Waals surface area contributed by atoms with Crippen molar-refractivity contribution in [3.63, 3.8) is 0 Å². The van der Waals surface area contributed by atoms with Gasteiger partial charge < -0.3 is 14.9 Å². The number of pyridine rings is 1. The topological polar surface area (TPSA) is 73.7 Å². The van der Waals surface area contributed by atoms with Crippen LogP contribution in [0.5, 0.6) is 0 Å². The first-order valence-corrected chi connectivity index (χ1v) is 7.11. The van der Waals surface area contributed by atoms with Crippen LogP contribution in [-0.2, 0) is 4.79 Å². The van der Waals surface area contributed by atoms with Gasteiger partial charge in [-0.25, -0.2) is 9.78 Å². The zero-order chi connectivity index (χ0) is 15.6. The molecule has 2 rings (SSSR count). The van der Waals surface area contributed by atoms with E-state index in [0.717, 1.165) is 6.42 Å². The van der Waals surface area contributed by atoms with Gasteiger partial charge in [0.1, 0.15) is 11.4 Å². The fourth-order valence-electron chi connectivity index (χ4n) is 2.87. The van der Waals surface area contributed by atoms with Crippen LogP contribution in [0.1, 0.15) is 36.5 Å². The Morgan fingerprint density at radius 1 is 1.48 bits per heavy atom. The fourth-order valence-corrected chi connectivity index (χ4v) is 2.87. The molecule has 0 saturated carbocycles. The normalized spacial score (nSPS) is 21.4. The van der Waals surface area contributed by atoms with E-state index in [0.29, 0.717) is 30.8 Å². The Bertz CT molecular complexity index is 559. The maximum atomic E-state index is 12.7. The van der Waals surface area contributed by atoms with Crippen molar-refractivity contribution in [1.29, 1.82) is 0 Å². The van der Waals surface area contributed by atoms with Gasteiger partial charge in [-0.15, -0.1) is 0 Å². The van der Waals surface area contributed by atoms with Gasteiger partial charge >= 0.3 is 5.97 Å². The number of anilines is 1. The van der Waals surface area contributed by atoms with Gasteiger partial charge in [0.15, 0.2) is 0 Å². The molecule has 1 aromatic rings. The second-order valence-electron chi connectivity index (χ2n) is 5.55. The minimum atomic E-state index is -1.07. The van der Waals surface area contributed by atoms with E-state index in [2.05, 4.69) is 4.98 Å². The first kappa shape index (κ1) is 15.3. The molecule has 0 aliphatic carbocycles. The van der Waals surface area contributed by atoms with Gasteiger partial charge in [0, 0.05) is 32.4 Å². The summed E-state index contributed by atoms with van der Waals surface area (Å²) in [6, 6.07) is 3.33. The summed E-state index contributed by atoms with van der Waals surface area (Å²) < 4.78 is 0. The summed E-state index contributed by atoms with van der Waals surface area (Å²) in [5, 5.41) is 9.56. The van der Waals surface area contributed by atoms with Crippen LogP contribution in [0.2, 0.25) is 0 Å². The molecule has 1 saturated heterocycles. The number of rotatable bonds is 4. The van der Waals surface area contributed by atoms with Crippen LogP contribution in [0.4, 0.5) is 5.82 Å². The van der Waals surface area contributed by atoms with Crippen molar-refractivity contribution in [3.8, 4) is 0 Å². The van der Waals surface area contributed by atoms with Crippen LogP contribution >= 0.6 is 0 Å². The van der Waals surface area contributed by atoms with Gasteiger partial charge in [0.25, 0.3) is 5.91 Å². The van der Waals surface area contributed by atoms with Gasteiger partial charge in [-0.3, -0.25) is 4.79 Å². The van der Waals surface area contributed by atoms with Crippen LogP contribution in [0.15, 0.2) is 18.3 Å². The van der Waals surface area contributed by atoms with E-state index in [1.165, 1.54) is 4.90 Å². The molecule has 2 heterocycles. The van der Waals surface area contributed by atoms with Crippen molar-refractivity contribution in [3.05, 3.63) is 23.9 Å². The highest BCUT2D eigenvalue weighted by molar-refractivity contribution is 5.98. The summed E-state index contributed by atoms with van der Waals surface area (Å²) in [6.45, 7) is 2.30. The number of hydrogen-bond donors (Lipinski definition) is 1. The molecule has 0 bridgehead atoms. The highest BCUT2D eigenvalue weighted by Crippen LogP contribution is 2.34. The molecule has 21 heavy (non-hydrogen) atoms. The van der Waals surface area contributed by atoms with E-state index in [1.54, 1.807) is 18.3 Å². The standard InChI is InChI=1S/C15H21N3O3/c1-4-15(14(20)21)7-5-9-18(15)13(19)11-6-8-16-12(10-11)17(2)3/h6,8,10H,4-5,7,9H2,1-3H3,(H,20,21). The first-order chi connectivity index (χ1) is 9.92. The molecule has 1 atom stereocenters. The predicted molar refractivity (Wildman–Crippen MR) is 79.5 cm³/mol. The Hall–Kier alpha value is -2.11. The lowest BCUT2D eigenvalue weighted by molar-refractivity contribution is -0.148. The average molecular weight is 291 g/mol. The Morgan fingerprint density at radius 2 is 2.19 bits per heavy atom. The number of nitrogens with zero attached hydrogens (tertiary/aromatic N) is 3. The SMILES string of the molecule is CCC1(C(=O)O)CCCN1C(=O)c1ccnc(N(C)C)c1. The molecule has 1 aliphatic rings. The van der Waals surface area contributed by atoms with Gasteiger partial charge in [-0.1, -0.05) is 6.92 Å². The van der Waals surface area contributed by atoms with E-state index >= 15 is 0 Å². The Balaban J connectivity index is 2.35. The number of aliphatic carboxylic acids is 1. The maximum absolute atomic E-state index is 12.7. The molecule has 6 heteroatoms. The van der Waals surface area contributed by atoms with E-state index < -0.39 is 11.5 Å². The number of likely N-dealkylation sites (tertiary alicyclic amines) is 1. The van der Waals surface area contributed by atoms with Crippen LogP contribution in [0.3, 0.4) is 0 Å². The highest BCUT2D eigenvalue weighted by atomic mass is 16.4. The van der Waals surface area contributed by atoms with Crippen LogP contribution in [0.25, 0.3) is 0 Å². The molecular weight excluding hydrogens is 270 g/mol. The van der Waals surface area contributed by atoms with Gasteiger partial charge in [0.2, 0.25) is 0 Å². The van der Waals surface area contributed by atoms with Crippen molar-refractivity contribution in [1.82, 2.24) is 9.88 Å². The van der Waals surface area contributed by atoms with E-state index in [-0.39, 0.29) is 5.91 Å². The second kappa shape index (κ2) is 5.71. The van der Waals surface area contributed by atoms with Crippen molar-refractivity contribution in [2.24, 2.45) is 0 Å². The lowest BCUT2D eigenvalue weighted by atomic mass is 9.92. The van der Waals surface area contributed by atoms with Crippen LogP contribution in [-0.4, -0.2) is 53.0 Å². The number of carboxylic acids is 1. The van der Waals surface area contributed by atoms with Crippen molar-refractivity contribution in [2.75, 3.05) is 25.5 Å². The van der Waals surface area contributed by atoms with E-state index in [1.807, 2.05) is 25.9 Å². The summed E-state index contributed by atoms with van der Waals surface area (Å²) in [7, 11) is 3.69. The summed E-state index contributed by atoms with van der Waals surface area (Å²) in [4.78, 5) is 31.9. The number of carbonyl (C=O) groups excluding carboxylic acids is 1. The lowest BCUT2D eigenvalue weighted by Crippen LogP contribution is -2.52. The Morgan fingerprint density at radius 3 is 2.76 bits per heavy atom. The largest absolute Gasteiger partial charge is 0.479 e. The molecule has 1 fully saturated rings. The molecule has 1 N–H and O–H groups in total. The smallest absolute Gasteiger partial charge is 0.329 e. The fraction of sp³-hybridized carbons (Fsp3) is 0.533. The van der Waals surface area contributed by atoms with Crippen molar-refractivity contribution in [2.45, 2.75) is 31.7 Å². The monoisotopic (exact) mass is 291 g/mol. The number of carbonyl (C=O) groups is 2. The van der Waals surface area contributed by atoms with Gasteiger partial charge in [-0.2, -0.15) is 0 Å². The Labute approximate surface area is 124 Å². The van der Waals surface area contributed by atoms with Gasteiger partial charge in [-0.05, 0) is 31.4 Å². The summed E-state index contributed by atoms with van der Waals surface area (Å²) in [6.07, 6.45) is 3.22. The maximum Gasteiger partial charge on any atom is 0.329 e. The third kappa shape index (κ3) is 2.57. The van der Waals surface area contributed by atoms with Crippen LogP contribution < -0.4 is 4.90 Å². The van der Waals surface area contributed by atoms with Gasteiger partial charge in [0.05, 0.1) is 0 Å². The lowest BCUT2D eigenvalue weighted by Gasteiger charge is -2.34. The van der Waals surface area contributed by atoms with Crippen molar-refractivity contribution < 1.29 is 14.7 Å². The average Bonchev–Trinajstić information content (AvgIpc) is 2.91. The second-order valence-corrected chi connectivity index (χ2v) is 5.55. The van der Waals surface area contributed by atoms with Crippen LogP contribution in [0, 0.1) is 0 Å². The quantitative estimate of drug-likeness (QED) is 0.912. The third-order valence-corrected chi connectivity index (χ3v) is 4.17. The minimum Gasteiger partial charge on any atom is -0.479 e. The molecule has 0 spiro atoms. The number of aromatic nitrogens is 1. The molecule has 1 aromatic heterocycles. The summed E-state index contributed by atoms with van der Waals surface area (Å²) in [5.74, 6) is -0.475. The number of carboxylic acid groups (broad SMARTS) is 1. The van der Waals surface area contributed by atoms with E-state index in [9.17, 15) is 14.7 Å². The molecule has 0 aromatic carbocycles.